The van der Waals surface area contributed by atoms with Crippen LogP contribution in [0.1, 0.15) is 43.2 Å². The minimum Gasteiger partial charge on any atom is -0.481 e. The Morgan fingerprint density at radius 2 is 1.70 bits per heavy atom. The molecule has 7 nitrogen and oxygen atoms in total. The lowest BCUT2D eigenvalue weighted by Gasteiger charge is -2.49. The number of carbonyl (C=O) groups excluding carboxylic acids is 2. The van der Waals surface area contributed by atoms with Gasteiger partial charge in [0.2, 0.25) is 5.91 Å². The molecule has 172 valence electrons. The van der Waals surface area contributed by atoms with E-state index in [9.17, 15) is 19.5 Å². The third-order valence-electron chi connectivity index (χ3n) is 7.43. The lowest BCUT2D eigenvalue weighted by Crippen LogP contribution is -2.60. The summed E-state index contributed by atoms with van der Waals surface area (Å²) in [4.78, 5) is 38.9. The number of hydrogen-bond acceptors (Lipinski definition) is 4. The van der Waals surface area contributed by atoms with Gasteiger partial charge in [0.15, 0.2) is 0 Å². The van der Waals surface area contributed by atoms with Crippen LogP contribution in [0.15, 0.2) is 48.5 Å². The van der Waals surface area contributed by atoms with Crippen molar-refractivity contribution in [3.63, 3.8) is 0 Å². The van der Waals surface area contributed by atoms with Gasteiger partial charge in [0, 0.05) is 18.5 Å². The van der Waals surface area contributed by atoms with Gasteiger partial charge in [-0.2, -0.15) is 0 Å². The monoisotopic (exact) mass is 448 g/mol. The zero-order valence-corrected chi connectivity index (χ0v) is 18.6. The molecule has 0 radical (unpaired) electrons. The number of hydrogen-bond donors (Lipinski definition) is 2. The lowest BCUT2D eigenvalue weighted by molar-refractivity contribution is -0.156. The van der Waals surface area contributed by atoms with E-state index in [2.05, 4.69) is 29.6 Å². The highest BCUT2D eigenvalue weighted by Crippen LogP contribution is 2.44. The number of carboxylic acids is 1. The van der Waals surface area contributed by atoms with Gasteiger partial charge < -0.3 is 20.1 Å². The Balaban J connectivity index is 1.21. The van der Waals surface area contributed by atoms with Crippen LogP contribution in [0, 0.1) is 11.8 Å². The number of fused-ring (bicyclic) bond motifs is 6. The number of piperidine rings is 2. The maximum absolute atomic E-state index is 13.0. The number of amides is 2. The van der Waals surface area contributed by atoms with Gasteiger partial charge in [0.25, 0.3) is 0 Å². The zero-order valence-electron chi connectivity index (χ0n) is 18.6. The van der Waals surface area contributed by atoms with E-state index >= 15 is 0 Å². The first kappa shape index (κ1) is 21.5. The van der Waals surface area contributed by atoms with E-state index in [4.69, 9.17) is 4.74 Å². The Labute approximate surface area is 192 Å². The highest BCUT2D eigenvalue weighted by atomic mass is 16.5. The second kappa shape index (κ2) is 8.54. The Morgan fingerprint density at radius 3 is 2.30 bits per heavy atom. The fraction of sp³-hybridized carbons (Fsp3) is 0.423. The van der Waals surface area contributed by atoms with Crippen LogP contribution in [0.2, 0.25) is 0 Å². The Bertz CT molecular complexity index is 1050. The van der Waals surface area contributed by atoms with E-state index in [1.807, 2.05) is 24.3 Å². The standard InChI is InChI=1S/C26H28N2O5/c1-15(24(29)28-13-16-10-11-23(28)21(12-16)25(30)31)27-26(32)33-14-22-19-8-4-2-6-17(19)18-7-3-5-9-20(18)22/h2-9,15-16,21-23H,10-14H2,1H3,(H,27,32)(H,30,31)/t15-,16?,21?,23?/m1/s1. The summed E-state index contributed by atoms with van der Waals surface area (Å²) in [5.74, 6) is -1.46. The molecule has 2 N–H and O–H groups in total. The molecule has 2 aliphatic carbocycles. The quantitative estimate of drug-likeness (QED) is 0.728. The fourth-order valence-electron chi connectivity index (χ4n) is 5.84. The van der Waals surface area contributed by atoms with Gasteiger partial charge in [-0.3, -0.25) is 9.59 Å². The van der Waals surface area contributed by atoms with Crippen molar-refractivity contribution in [2.24, 2.45) is 11.8 Å². The summed E-state index contributed by atoms with van der Waals surface area (Å²) in [6.07, 6.45) is 1.63. The van der Waals surface area contributed by atoms with Crippen molar-refractivity contribution in [3.8, 4) is 11.1 Å². The van der Waals surface area contributed by atoms with Gasteiger partial charge in [-0.15, -0.1) is 0 Å². The summed E-state index contributed by atoms with van der Waals surface area (Å²) >= 11 is 0. The number of carboxylic acid groups (broad SMARTS) is 1. The van der Waals surface area contributed by atoms with E-state index in [1.54, 1.807) is 11.8 Å². The van der Waals surface area contributed by atoms with Crippen molar-refractivity contribution >= 4 is 18.0 Å². The predicted octanol–water partition coefficient (Wildman–Crippen LogP) is 3.63. The molecule has 2 aromatic rings. The van der Waals surface area contributed by atoms with Crippen LogP contribution >= 0.6 is 0 Å². The fourth-order valence-corrected chi connectivity index (χ4v) is 5.84. The normalized spacial score (nSPS) is 24.0. The Morgan fingerprint density at radius 1 is 1.06 bits per heavy atom. The third kappa shape index (κ3) is 3.86. The first-order valence-corrected chi connectivity index (χ1v) is 11.6. The van der Waals surface area contributed by atoms with E-state index in [-0.39, 0.29) is 30.4 Å². The molecule has 2 aromatic carbocycles. The van der Waals surface area contributed by atoms with Crippen molar-refractivity contribution in [1.82, 2.24) is 10.2 Å². The predicted molar refractivity (Wildman–Crippen MR) is 122 cm³/mol. The molecule has 6 rings (SSSR count). The average molecular weight is 449 g/mol. The highest BCUT2D eigenvalue weighted by Gasteiger charge is 2.46. The van der Waals surface area contributed by atoms with Crippen LogP contribution in [0.4, 0.5) is 4.79 Å². The van der Waals surface area contributed by atoms with Crippen LogP contribution < -0.4 is 5.32 Å². The van der Waals surface area contributed by atoms with Crippen molar-refractivity contribution in [1.29, 1.82) is 0 Å². The second-order valence-corrected chi connectivity index (χ2v) is 9.37. The van der Waals surface area contributed by atoms with Crippen molar-refractivity contribution in [2.45, 2.75) is 44.2 Å². The molecule has 3 fully saturated rings. The summed E-state index contributed by atoms with van der Waals surface area (Å²) < 4.78 is 5.55. The van der Waals surface area contributed by atoms with Crippen LogP contribution in [0.25, 0.3) is 11.1 Å². The zero-order chi connectivity index (χ0) is 23.1. The van der Waals surface area contributed by atoms with Gasteiger partial charge in [-0.1, -0.05) is 48.5 Å². The molecule has 2 heterocycles. The third-order valence-corrected chi connectivity index (χ3v) is 7.43. The minimum absolute atomic E-state index is 0.0525. The molecule has 3 unspecified atom stereocenters. The first-order valence-electron chi connectivity index (χ1n) is 11.6. The molecule has 2 bridgehead atoms. The number of aliphatic carboxylic acids is 1. The largest absolute Gasteiger partial charge is 0.481 e. The summed E-state index contributed by atoms with van der Waals surface area (Å²) in [6, 6.07) is 15.1. The van der Waals surface area contributed by atoms with E-state index < -0.39 is 24.0 Å². The number of ether oxygens (including phenoxy) is 1. The topological polar surface area (TPSA) is 95.9 Å². The second-order valence-electron chi connectivity index (χ2n) is 9.37. The van der Waals surface area contributed by atoms with E-state index in [0.717, 1.165) is 28.7 Å². The molecule has 0 aromatic heterocycles. The number of nitrogens with zero attached hydrogens (tertiary/aromatic N) is 1. The summed E-state index contributed by atoms with van der Waals surface area (Å²) in [6.45, 7) is 2.36. The summed E-state index contributed by atoms with van der Waals surface area (Å²) in [7, 11) is 0. The molecule has 1 saturated carbocycles. The number of rotatable bonds is 5. The van der Waals surface area contributed by atoms with Crippen molar-refractivity contribution in [3.05, 3.63) is 59.7 Å². The molecule has 0 spiro atoms. The molecule has 4 aliphatic rings. The van der Waals surface area contributed by atoms with Gasteiger partial charge in [0.1, 0.15) is 12.6 Å². The van der Waals surface area contributed by atoms with Gasteiger partial charge in [-0.05, 0) is 54.4 Å². The van der Waals surface area contributed by atoms with Crippen LogP contribution in [-0.4, -0.2) is 53.2 Å². The number of nitrogens with one attached hydrogen (secondary N) is 1. The number of carbonyl (C=O) groups is 3. The van der Waals surface area contributed by atoms with Crippen molar-refractivity contribution < 1.29 is 24.2 Å². The molecule has 4 atom stereocenters. The smallest absolute Gasteiger partial charge is 0.407 e. The van der Waals surface area contributed by atoms with E-state index in [0.29, 0.717) is 19.4 Å². The molecular formula is C26H28N2O5. The molecule has 2 aliphatic heterocycles. The van der Waals surface area contributed by atoms with Gasteiger partial charge in [-0.25, -0.2) is 4.79 Å². The molecule has 33 heavy (non-hydrogen) atoms. The first-order chi connectivity index (χ1) is 15.9. The van der Waals surface area contributed by atoms with Crippen molar-refractivity contribution in [2.75, 3.05) is 13.2 Å². The molecule has 7 heteroatoms. The maximum atomic E-state index is 13.0. The van der Waals surface area contributed by atoms with Crippen LogP contribution in [0.5, 0.6) is 0 Å². The molecule has 2 saturated heterocycles. The maximum Gasteiger partial charge on any atom is 0.407 e. The van der Waals surface area contributed by atoms with Crippen LogP contribution in [0.3, 0.4) is 0 Å². The number of alkyl carbamates (subject to hydrolysis) is 1. The Hall–Kier alpha value is -3.35. The number of benzene rings is 2. The van der Waals surface area contributed by atoms with Crippen LogP contribution in [-0.2, 0) is 14.3 Å². The van der Waals surface area contributed by atoms with E-state index in [1.165, 1.54) is 0 Å². The lowest BCUT2D eigenvalue weighted by atomic mass is 9.72. The molecule has 2 amide bonds. The minimum atomic E-state index is -0.848. The highest BCUT2D eigenvalue weighted by molar-refractivity contribution is 5.86. The Kier molecular flexibility index (Phi) is 5.56. The summed E-state index contributed by atoms with van der Waals surface area (Å²) in [5, 5.41) is 12.2. The molecular weight excluding hydrogens is 420 g/mol. The SMILES string of the molecule is C[C@@H](NC(=O)OCC1c2ccccc2-c2ccccc21)C(=O)N1CC2CCC1C(C(=O)O)C2. The van der Waals surface area contributed by atoms with Gasteiger partial charge >= 0.3 is 12.1 Å². The average Bonchev–Trinajstić information content (AvgIpc) is 3.16. The summed E-state index contributed by atoms with van der Waals surface area (Å²) in [5.41, 5.74) is 4.55. The van der Waals surface area contributed by atoms with Gasteiger partial charge in [0.05, 0.1) is 5.92 Å².